The molecule has 1 heterocycles. The Kier molecular flexibility index (Phi) is 4.76. The van der Waals surface area contributed by atoms with Gasteiger partial charge in [-0.25, -0.2) is 4.79 Å². The van der Waals surface area contributed by atoms with Crippen molar-refractivity contribution in [2.24, 2.45) is 0 Å². The normalized spacial score (nSPS) is 15.8. The average molecular weight is 368 g/mol. The monoisotopic (exact) mass is 368 g/mol. The molecule has 130 valence electrons. The van der Waals surface area contributed by atoms with Gasteiger partial charge in [-0.2, -0.15) is 0 Å². The average Bonchev–Trinajstić information content (AvgIpc) is 2.61. The van der Waals surface area contributed by atoms with Crippen LogP contribution in [0.1, 0.15) is 0 Å². The van der Waals surface area contributed by atoms with Gasteiger partial charge in [-0.1, -0.05) is 18.2 Å². The molecule has 0 bridgehead atoms. The molecule has 8 heteroatoms. The van der Waals surface area contributed by atoms with E-state index in [-0.39, 0.29) is 5.11 Å². The van der Waals surface area contributed by atoms with Gasteiger partial charge < -0.3 is 9.84 Å². The van der Waals surface area contributed by atoms with Crippen LogP contribution in [-0.4, -0.2) is 28.0 Å². The summed E-state index contributed by atoms with van der Waals surface area (Å²) in [5.41, 5.74) is -0.132. The number of benzene rings is 2. The van der Waals surface area contributed by atoms with Crippen LogP contribution >= 0.6 is 12.2 Å². The predicted octanol–water partition coefficient (Wildman–Crippen LogP) is 2.24. The molecule has 2 N–H and O–H groups in total. The molecule has 1 aliphatic heterocycles. The zero-order valence-corrected chi connectivity index (χ0v) is 14.0. The molecule has 0 aromatic heterocycles. The molecule has 26 heavy (non-hydrogen) atoms. The smallest absolute Gasteiger partial charge is 0.329 e. The van der Waals surface area contributed by atoms with Crippen LogP contribution in [0.2, 0.25) is 0 Å². The molecule has 1 aliphatic rings. The maximum atomic E-state index is 12.5. The lowest BCUT2D eigenvalue weighted by atomic mass is 10.1. The third-order valence-corrected chi connectivity index (χ3v) is 3.73. The molecule has 0 unspecified atom stereocenters. The van der Waals surface area contributed by atoms with Gasteiger partial charge in [-0.3, -0.25) is 19.8 Å². The van der Waals surface area contributed by atoms with Crippen molar-refractivity contribution in [2.45, 2.75) is 0 Å². The Balaban J connectivity index is 1.85. The fourth-order valence-corrected chi connectivity index (χ4v) is 2.58. The highest BCUT2D eigenvalue weighted by Gasteiger charge is 2.35. The van der Waals surface area contributed by atoms with Crippen molar-refractivity contribution in [3.05, 3.63) is 66.2 Å². The molecule has 1 saturated heterocycles. The molecule has 7 nitrogen and oxygen atoms in total. The first-order valence-corrected chi connectivity index (χ1v) is 7.84. The van der Waals surface area contributed by atoms with Gasteiger partial charge in [0, 0.05) is 6.08 Å². The van der Waals surface area contributed by atoms with Crippen LogP contribution in [0.4, 0.5) is 5.69 Å². The minimum Gasteiger partial charge on any atom is -0.478 e. The van der Waals surface area contributed by atoms with Crippen molar-refractivity contribution in [1.29, 1.82) is 0 Å². The van der Waals surface area contributed by atoms with Gasteiger partial charge in [0.25, 0.3) is 11.8 Å². The Morgan fingerprint density at radius 1 is 1.04 bits per heavy atom. The van der Waals surface area contributed by atoms with Crippen LogP contribution < -0.4 is 15.0 Å². The van der Waals surface area contributed by atoms with Crippen LogP contribution in [0.5, 0.6) is 11.5 Å². The number of carboxylic acid groups (broad SMARTS) is 1. The molecule has 3 rings (SSSR count). The van der Waals surface area contributed by atoms with E-state index in [1.165, 1.54) is 0 Å². The lowest BCUT2D eigenvalue weighted by molar-refractivity contribution is -0.132. The molecule has 1 fully saturated rings. The third-order valence-electron chi connectivity index (χ3n) is 3.44. The minimum absolute atomic E-state index is 0.126. The zero-order chi connectivity index (χ0) is 18.7. The number of nitrogens with zero attached hydrogens (tertiary/aromatic N) is 1. The number of para-hydroxylation sites is 1. The Hall–Kier alpha value is -3.52. The van der Waals surface area contributed by atoms with E-state index in [1.807, 2.05) is 18.2 Å². The Bertz CT molecular complexity index is 922. The molecule has 0 saturated carbocycles. The molecule has 0 spiro atoms. The first-order chi connectivity index (χ1) is 12.5. The van der Waals surface area contributed by atoms with Crippen molar-refractivity contribution in [1.82, 2.24) is 5.32 Å². The van der Waals surface area contributed by atoms with Gasteiger partial charge in [0.15, 0.2) is 5.11 Å². The van der Waals surface area contributed by atoms with Crippen molar-refractivity contribution in [3.63, 3.8) is 0 Å². The summed E-state index contributed by atoms with van der Waals surface area (Å²) in [7, 11) is 0. The van der Waals surface area contributed by atoms with Gasteiger partial charge in [0.1, 0.15) is 17.1 Å². The van der Waals surface area contributed by atoms with E-state index in [2.05, 4.69) is 5.32 Å². The van der Waals surface area contributed by atoms with Crippen LogP contribution in [0.3, 0.4) is 0 Å². The second-order valence-electron chi connectivity index (χ2n) is 5.21. The predicted molar refractivity (Wildman–Crippen MR) is 96.9 cm³/mol. The van der Waals surface area contributed by atoms with E-state index >= 15 is 0 Å². The summed E-state index contributed by atoms with van der Waals surface area (Å²) in [6.45, 7) is 0. The third kappa shape index (κ3) is 3.60. The fourth-order valence-electron chi connectivity index (χ4n) is 2.30. The molecule has 0 atom stereocenters. The van der Waals surface area contributed by atoms with Crippen molar-refractivity contribution in [2.75, 3.05) is 4.90 Å². The van der Waals surface area contributed by atoms with E-state index in [0.29, 0.717) is 23.3 Å². The van der Waals surface area contributed by atoms with Gasteiger partial charge in [0.2, 0.25) is 0 Å². The summed E-state index contributed by atoms with van der Waals surface area (Å²) in [5.74, 6) is -1.85. The molecule has 2 aromatic carbocycles. The van der Waals surface area contributed by atoms with E-state index < -0.39 is 23.4 Å². The second kappa shape index (κ2) is 7.16. The number of thiocarbonyl (C=S) groups is 1. The van der Waals surface area contributed by atoms with E-state index in [1.54, 1.807) is 36.4 Å². The highest BCUT2D eigenvalue weighted by Crippen LogP contribution is 2.26. The number of carbonyl (C=O) groups is 3. The highest BCUT2D eigenvalue weighted by molar-refractivity contribution is 7.80. The zero-order valence-electron chi connectivity index (χ0n) is 13.2. The molecular weight excluding hydrogens is 356 g/mol. The van der Waals surface area contributed by atoms with Crippen molar-refractivity contribution < 1.29 is 24.2 Å². The lowest BCUT2D eigenvalue weighted by Gasteiger charge is -2.28. The number of carboxylic acids is 1. The molecular formula is C18H12N2O5S. The summed E-state index contributed by atoms with van der Waals surface area (Å²) in [6, 6.07) is 15.6. The lowest BCUT2D eigenvalue weighted by Crippen LogP contribution is -2.54. The van der Waals surface area contributed by atoms with Crippen LogP contribution in [0.15, 0.2) is 66.2 Å². The summed E-state index contributed by atoms with van der Waals surface area (Å²) < 4.78 is 5.67. The number of amides is 2. The maximum Gasteiger partial charge on any atom is 0.329 e. The second-order valence-corrected chi connectivity index (χ2v) is 5.59. The molecule has 0 aliphatic carbocycles. The topological polar surface area (TPSA) is 95.9 Å². The molecule has 0 radical (unpaired) electrons. The van der Waals surface area contributed by atoms with E-state index in [4.69, 9.17) is 22.1 Å². The quantitative estimate of drug-likeness (QED) is 0.488. The Labute approximate surface area is 153 Å². The van der Waals surface area contributed by atoms with E-state index in [9.17, 15) is 14.4 Å². The molecule has 2 amide bonds. The maximum absolute atomic E-state index is 12.5. The number of rotatable bonds is 4. The first-order valence-electron chi connectivity index (χ1n) is 7.43. The van der Waals surface area contributed by atoms with Crippen LogP contribution in [-0.2, 0) is 14.4 Å². The number of hydrogen-bond donors (Lipinski definition) is 2. The summed E-state index contributed by atoms with van der Waals surface area (Å²) in [5, 5.41) is 11.0. The summed E-state index contributed by atoms with van der Waals surface area (Å²) in [4.78, 5) is 36.1. The van der Waals surface area contributed by atoms with Gasteiger partial charge >= 0.3 is 5.97 Å². The van der Waals surface area contributed by atoms with Crippen LogP contribution in [0.25, 0.3) is 0 Å². The Morgan fingerprint density at radius 2 is 1.65 bits per heavy atom. The van der Waals surface area contributed by atoms with Crippen molar-refractivity contribution in [3.8, 4) is 11.5 Å². The van der Waals surface area contributed by atoms with Crippen LogP contribution in [0, 0.1) is 0 Å². The number of nitrogens with one attached hydrogen (secondary N) is 1. The SMILES string of the molecule is O=C(O)/C=C1\C(=O)NC(=S)N(c2ccc(Oc3ccccc3)cc2)C1=O. The van der Waals surface area contributed by atoms with Gasteiger partial charge in [0.05, 0.1) is 5.69 Å². The number of aliphatic carboxylic acids is 1. The standard InChI is InChI=1S/C18H12N2O5S/c21-15(22)10-14-16(23)19-18(26)20(17(14)24)11-6-8-13(9-7-11)25-12-4-2-1-3-5-12/h1-10H,(H,21,22)(H,19,23,26)/b14-10+. The van der Waals surface area contributed by atoms with Gasteiger partial charge in [-0.05, 0) is 48.6 Å². The summed E-state index contributed by atoms with van der Waals surface area (Å²) >= 11 is 5.03. The Morgan fingerprint density at radius 3 is 2.27 bits per heavy atom. The first kappa shape index (κ1) is 17.3. The van der Waals surface area contributed by atoms with Crippen molar-refractivity contribution >= 4 is 40.8 Å². The molecule has 2 aromatic rings. The largest absolute Gasteiger partial charge is 0.478 e. The van der Waals surface area contributed by atoms with Gasteiger partial charge in [-0.15, -0.1) is 0 Å². The number of hydrogen-bond acceptors (Lipinski definition) is 5. The highest BCUT2D eigenvalue weighted by atomic mass is 32.1. The minimum atomic E-state index is -1.40. The van der Waals surface area contributed by atoms with E-state index in [0.717, 1.165) is 4.90 Å². The number of anilines is 1. The number of carbonyl (C=O) groups excluding carboxylic acids is 2. The summed E-state index contributed by atoms with van der Waals surface area (Å²) in [6.07, 6.45) is 0.555. The number of ether oxygens (including phenoxy) is 1. The fraction of sp³-hybridized carbons (Fsp3) is 0.